The number of carbonyl (C=O) groups is 6. The van der Waals surface area contributed by atoms with E-state index < -0.39 is 72.7 Å². The largest absolute Gasteiger partial charge is 1.00 e. The molecule has 0 radical (unpaired) electrons. The molecule has 0 amide bonds. The molecule has 0 aromatic rings. The summed E-state index contributed by atoms with van der Waals surface area (Å²) in [6, 6.07) is 0. The first-order valence-corrected chi connectivity index (χ1v) is 6.34. The van der Waals surface area contributed by atoms with Crippen molar-refractivity contribution in [1.82, 2.24) is 0 Å². The molecule has 0 bridgehead atoms. The Morgan fingerprint density at radius 1 is 0.483 bits per heavy atom. The number of rotatable bonds is 10. The third-order valence-corrected chi connectivity index (χ3v) is 2.57. The second-order valence-corrected chi connectivity index (χ2v) is 4.96. The number of hydrogen-bond acceptors (Lipinski definition) is 8. The molecule has 0 atom stereocenters. The van der Waals surface area contributed by atoms with Crippen LogP contribution in [0.2, 0.25) is 0 Å². The van der Waals surface area contributed by atoms with Gasteiger partial charge in [-0.15, -0.1) is 0 Å². The van der Waals surface area contributed by atoms with E-state index >= 15 is 0 Å². The van der Waals surface area contributed by atoms with Gasteiger partial charge < -0.3 is 45.1 Å². The van der Waals surface area contributed by atoms with Crippen LogP contribution in [0.5, 0.6) is 0 Å². The molecule has 0 aliphatic rings. The Morgan fingerprint density at radius 2 is 0.621 bits per heavy atom. The van der Waals surface area contributed by atoms with Crippen LogP contribution in [0.25, 0.3) is 0 Å². The molecule has 8 N–H and O–H groups in total. The van der Waals surface area contributed by atoms with Crippen LogP contribution in [0, 0.1) is 0 Å². The van der Waals surface area contributed by atoms with Crippen molar-refractivity contribution in [1.29, 1.82) is 0 Å². The molecule has 17 heteroatoms. The predicted octanol–water partition coefficient (Wildman–Crippen LogP) is -11.1. The summed E-state index contributed by atoms with van der Waals surface area (Å²) >= 11 is 0. The fourth-order valence-electron chi connectivity index (χ4n) is 1.43. The zero-order valence-corrected chi connectivity index (χ0v) is 21.9. The average molecular weight is 456 g/mol. The van der Waals surface area contributed by atoms with E-state index in [0.717, 1.165) is 0 Å². The predicted molar refractivity (Wildman–Crippen MR) is 77.5 cm³/mol. The summed E-state index contributed by atoms with van der Waals surface area (Å²) in [5.41, 5.74) is -5.48. The molecule has 0 saturated heterocycles. The van der Waals surface area contributed by atoms with E-state index in [2.05, 4.69) is 0 Å². The smallest absolute Gasteiger partial charge is 1.00 e. The Balaban J connectivity index is -0.0000000505. The summed E-state index contributed by atoms with van der Waals surface area (Å²) in [5.74, 6) is -10.0. The van der Waals surface area contributed by atoms with Crippen LogP contribution >= 0.6 is 0 Å². The summed E-state index contributed by atoms with van der Waals surface area (Å²) in [6.07, 6.45) is -4.58. The zero-order chi connectivity index (χ0) is 21.3. The third-order valence-electron chi connectivity index (χ3n) is 2.57. The normalized spacial score (nSPS) is 9.72. The van der Waals surface area contributed by atoms with Crippen molar-refractivity contribution >= 4 is 35.8 Å². The first-order chi connectivity index (χ1) is 11.6. The Morgan fingerprint density at radius 3 is 0.690 bits per heavy atom. The van der Waals surface area contributed by atoms with Gasteiger partial charge in [-0.25, -0.2) is 9.59 Å². The van der Waals surface area contributed by atoms with E-state index in [0.29, 0.717) is 0 Å². The molecule has 0 heterocycles. The van der Waals surface area contributed by atoms with Crippen LogP contribution in [-0.4, -0.2) is 87.9 Å². The number of aliphatic carboxylic acids is 6. The fraction of sp³-hybridized carbons (Fsp3) is 0.500. The van der Waals surface area contributed by atoms with Gasteiger partial charge in [0.15, 0.2) is 11.2 Å². The molecule has 0 unspecified atom stereocenters. The van der Waals surface area contributed by atoms with Crippen molar-refractivity contribution in [3.05, 3.63) is 0 Å². The van der Waals surface area contributed by atoms with E-state index in [-0.39, 0.29) is 93.0 Å². The second kappa shape index (κ2) is 17.4. The molecular formula is C12H19Na3O14. The van der Waals surface area contributed by atoms with Crippen LogP contribution in [0.3, 0.4) is 0 Å². The maximum atomic E-state index is 10.3. The molecule has 0 fully saturated rings. The number of carboxylic acid groups (broad SMARTS) is 6. The zero-order valence-electron chi connectivity index (χ0n) is 18.9. The van der Waals surface area contributed by atoms with Crippen LogP contribution in [0.1, 0.15) is 30.0 Å². The van der Waals surface area contributed by atoms with E-state index in [1.54, 1.807) is 0 Å². The van der Waals surface area contributed by atoms with Crippen LogP contribution in [-0.2, 0) is 28.8 Å². The Labute approximate surface area is 233 Å². The topological polar surface area (TPSA) is 264 Å². The molecule has 0 aromatic carbocycles. The second-order valence-electron chi connectivity index (χ2n) is 4.96. The van der Waals surface area contributed by atoms with Crippen molar-refractivity contribution in [2.45, 2.75) is 36.9 Å². The minimum absolute atomic E-state index is 0. The van der Waals surface area contributed by atoms with Gasteiger partial charge in [0.2, 0.25) is 0 Å². The van der Waals surface area contributed by atoms with Crippen molar-refractivity contribution in [3.63, 3.8) is 0 Å². The van der Waals surface area contributed by atoms with Gasteiger partial charge >= 0.3 is 124 Å². The third kappa shape index (κ3) is 18.2. The van der Waals surface area contributed by atoms with Gasteiger partial charge in [0.25, 0.3) is 0 Å². The molecule has 29 heavy (non-hydrogen) atoms. The van der Waals surface area contributed by atoms with Crippen LogP contribution in [0.15, 0.2) is 0 Å². The SMILES string of the molecule is O=C(O)CC(O)(CC(=O)O)C(=O)O.O=C(O)CC(O)(CC(=O)O)C(=O)O.[H-].[H-].[H-].[Na+].[Na+].[Na+]. The van der Waals surface area contributed by atoms with Gasteiger partial charge in [-0.1, -0.05) is 0 Å². The summed E-state index contributed by atoms with van der Waals surface area (Å²) in [5, 5.41) is 67.6. The summed E-state index contributed by atoms with van der Waals surface area (Å²) in [6.45, 7) is 0. The maximum absolute atomic E-state index is 10.3. The monoisotopic (exact) mass is 456 g/mol. The maximum Gasteiger partial charge on any atom is 1.00 e. The average Bonchev–Trinajstić information content (AvgIpc) is 2.34. The number of hydrogen-bond donors (Lipinski definition) is 8. The number of aliphatic hydroxyl groups is 2. The Kier molecular flexibility index (Phi) is 23.6. The van der Waals surface area contributed by atoms with Crippen LogP contribution < -0.4 is 88.7 Å². The molecule has 0 rings (SSSR count). The van der Waals surface area contributed by atoms with E-state index in [9.17, 15) is 28.8 Å². The van der Waals surface area contributed by atoms with Crippen molar-refractivity contribution < 1.29 is 163 Å². The molecule has 0 aliphatic carbocycles. The van der Waals surface area contributed by atoms with Gasteiger partial charge in [-0.3, -0.25) is 19.2 Å². The van der Waals surface area contributed by atoms with Crippen LogP contribution in [0.4, 0.5) is 0 Å². The van der Waals surface area contributed by atoms with E-state index in [1.165, 1.54) is 0 Å². The molecule has 0 spiro atoms. The Bertz CT molecular complexity index is 535. The fourth-order valence-corrected chi connectivity index (χ4v) is 1.43. The summed E-state index contributed by atoms with van der Waals surface area (Å²) in [7, 11) is 0. The van der Waals surface area contributed by atoms with Gasteiger partial charge in [-0.05, 0) is 0 Å². The van der Waals surface area contributed by atoms with Gasteiger partial charge in [0.05, 0.1) is 25.7 Å². The summed E-state index contributed by atoms with van der Waals surface area (Å²) < 4.78 is 0. The van der Waals surface area contributed by atoms with Crippen molar-refractivity contribution in [2.24, 2.45) is 0 Å². The van der Waals surface area contributed by atoms with Gasteiger partial charge in [0, 0.05) is 0 Å². The first kappa shape index (κ1) is 39.2. The molecular weight excluding hydrogens is 437 g/mol. The minimum Gasteiger partial charge on any atom is -1.00 e. The van der Waals surface area contributed by atoms with Crippen molar-refractivity contribution in [2.75, 3.05) is 0 Å². The van der Waals surface area contributed by atoms with E-state index in [4.69, 9.17) is 40.9 Å². The summed E-state index contributed by atoms with van der Waals surface area (Å²) in [4.78, 5) is 61.0. The van der Waals surface area contributed by atoms with Gasteiger partial charge in [0.1, 0.15) is 0 Å². The first-order valence-electron chi connectivity index (χ1n) is 6.34. The van der Waals surface area contributed by atoms with Crippen molar-refractivity contribution in [3.8, 4) is 0 Å². The van der Waals surface area contributed by atoms with Gasteiger partial charge in [-0.2, -0.15) is 0 Å². The van der Waals surface area contributed by atoms with E-state index in [1.807, 2.05) is 0 Å². The number of carboxylic acids is 6. The Hall–Kier alpha value is -0.260. The molecule has 14 nitrogen and oxygen atoms in total. The molecule has 0 aliphatic heterocycles. The minimum atomic E-state index is -2.74. The molecule has 154 valence electrons. The standard InChI is InChI=1S/2C6H8O7.3Na.3H/c2*7-3(8)1-6(13,5(11)12)2-4(9)10;;;;;;/h2*13H,1-2H2,(H,7,8)(H,9,10)(H,11,12);;;;;;/q;;3*+1;3*-1. The molecule has 0 saturated carbocycles. The quantitative estimate of drug-likeness (QED) is 0.142. The molecule has 0 aromatic heterocycles.